The van der Waals surface area contributed by atoms with Gasteiger partial charge in [0.15, 0.2) is 0 Å². The first-order valence-electron chi connectivity index (χ1n) is 3.66. The Hall–Kier alpha value is -1.92. The predicted octanol–water partition coefficient (Wildman–Crippen LogP) is 1.69. The van der Waals surface area contributed by atoms with E-state index in [4.69, 9.17) is 15.9 Å². The van der Waals surface area contributed by atoms with Crippen LogP contribution in [0.2, 0.25) is 0 Å². The van der Waals surface area contributed by atoms with Crippen molar-refractivity contribution in [1.29, 1.82) is 0 Å². The highest BCUT2D eigenvalue weighted by atomic mass is 19.4. The molecule has 82 valence electrons. The van der Waals surface area contributed by atoms with Crippen LogP contribution in [0.4, 0.5) is 18.9 Å². The molecule has 0 saturated heterocycles. The lowest BCUT2D eigenvalue weighted by atomic mass is 10.1. The fraction of sp³-hybridized carbons (Fsp3) is 0.125. The molecular weight excluding hydrogens is 215 g/mol. The van der Waals surface area contributed by atoms with Gasteiger partial charge < -0.3 is 15.9 Å². The monoisotopic (exact) mass is 221 g/mol. The second-order valence-corrected chi connectivity index (χ2v) is 2.76. The van der Waals surface area contributed by atoms with Crippen molar-refractivity contribution < 1.29 is 28.2 Å². The Morgan fingerprint density at radius 3 is 2.20 bits per heavy atom. The summed E-state index contributed by atoms with van der Waals surface area (Å²) in [6.07, 6.45) is -4.68. The van der Waals surface area contributed by atoms with Gasteiger partial charge in [0.1, 0.15) is 11.3 Å². The average Bonchev–Trinajstić information content (AvgIpc) is 1.99. The Balaban J connectivity index is 3.39. The van der Waals surface area contributed by atoms with Gasteiger partial charge in [-0.2, -0.15) is 13.2 Å². The van der Waals surface area contributed by atoms with Crippen LogP contribution in [0.5, 0.6) is 5.75 Å². The standard InChI is InChI=1S/C8H6F3NO3/c9-8(10,11)3-1-4(12)6(7(14)15)5(13)2-3/h1-2,13H,12H2,(H,14,15). The largest absolute Gasteiger partial charge is 0.507 e. The number of benzene rings is 1. The molecular formula is C8H6F3NO3. The van der Waals surface area contributed by atoms with E-state index in [0.717, 1.165) is 0 Å². The number of carbonyl (C=O) groups is 1. The third-order valence-electron chi connectivity index (χ3n) is 1.69. The summed E-state index contributed by atoms with van der Waals surface area (Å²) in [5, 5.41) is 17.6. The third-order valence-corrected chi connectivity index (χ3v) is 1.69. The molecule has 15 heavy (non-hydrogen) atoms. The molecule has 0 aliphatic heterocycles. The summed E-state index contributed by atoms with van der Waals surface area (Å²) in [5.74, 6) is -2.59. The summed E-state index contributed by atoms with van der Waals surface area (Å²) in [6.45, 7) is 0. The number of aromatic hydroxyl groups is 1. The van der Waals surface area contributed by atoms with E-state index >= 15 is 0 Å². The van der Waals surface area contributed by atoms with E-state index in [-0.39, 0.29) is 0 Å². The number of hydrogen-bond acceptors (Lipinski definition) is 3. The number of hydrogen-bond donors (Lipinski definition) is 3. The fourth-order valence-electron chi connectivity index (χ4n) is 1.05. The molecule has 0 saturated carbocycles. The SMILES string of the molecule is Nc1cc(C(F)(F)F)cc(O)c1C(=O)O. The van der Waals surface area contributed by atoms with E-state index in [0.29, 0.717) is 12.1 Å². The topological polar surface area (TPSA) is 83.5 Å². The Morgan fingerprint density at radius 2 is 1.87 bits per heavy atom. The van der Waals surface area contributed by atoms with Crippen molar-refractivity contribution in [1.82, 2.24) is 0 Å². The molecule has 7 heteroatoms. The molecule has 0 aliphatic rings. The smallest absolute Gasteiger partial charge is 0.416 e. The summed E-state index contributed by atoms with van der Waals surface area (Å²) in [6, 6.07) is 0.781. The van der Waals surface area contributed by atoms with Crippen LogP contribution < -0.4 is 5.73 Å². The number of rotatable bonds is 1. The van der Waals surface area contributed by atoms with Gasteiger partial charge >= 0.3 is 12.1 Å². The molecule has 0 atom stereocenters. The van der Waals surface area contributed by atoms with Crippen LogP contribution in [0.3, 0.4) is 0 Å². The molecule has 0 unspecified atom stereocenters. The summed E-state index contributed by atoms with van der Waals surface area (Å²) in [5.41, 5.74) is 2.52. The highest BCUT2D eigenvalue weighted by Gasteiger charge is 2.32. The van der Waals surface area contributed by atoms with E-state index in [1.807, 2.05) is 0 Å². The summed E-state index contributed by atoms with van der Waals surface area (Å²) in [7, 11) is 0. The van der Waals surface area contributed by atoms with Crippen molar-refractivity contribution >= 4 is 11.7 Å². The van der Waals surface area contributed by atoms with Gasteiger partial charge in [0.05, 0.1) is 11.3 Å². The molecule has 4 nitrogen and oxygen atoms in total. The first-order chi connectivity index (χ1) is 6.73. The van der Waals surface area contributed by atoms with Gasteiger partial charge in [-0.05, 0) is 12.1 Å². The lowest BCUT2D eigenvalue weighted by Crippen LogP contribution is -2.09. The molecule has 1 aromatic rings. The summed E-state index contributed by atoms with van der Waals surface area (Å²) in [4.78, 5) is 10.5. The van der Waals surface area contributed by atoms with Crippen LogP contribution in [-0.2, 0) is 6.18 Å². The predicted molar refractivity (Wildman–Crippen MR) is 44.5 cm³/mol. The van der Waals surface area contributed by atoms with Crippen LogP contribution in [-0.4, -0.2) is 16.2 Å². The number of nitrogens with two attached hydrogens (primary N) is 1. The highest BCUT2D eigenvalue weighted by molar-refractivity contribution is 5.96. The first-order valence-corrected chi connectivity index (χ1v) is 3.66. The van der Waals surface area contributed by atoms with Crippen LogP contribution in [0.25, 0.3) is 0 Å². The normalized spacial score (nSPS) is 11.4. The number of phenols is 1. The molecule has 0 radical (unpaired) electrons. The molecule has 0 aliphatic carbocycles. The molecule has 0 heterocycles. The van der Waals surface area contributed by atoms with Gasteiger partial charge in [0.2, 0.25) is 0 Å². The van der Waals surface area contributed by atoms with Crippen molar-refractivity contribution in [3.8, 4) is 5.75 Å². The van der Waals surface area contributed by atoms with Crippen molar-refractivity contribution in [3.05, 3.63) is 23.3 Å². The zero-order chi connectivity index (χ0) is 11.8. The maximum atomic E-state index is 12.2. The van der Waals surface area contributed by atoms with Crippen LogP contribution in [0, 0.1) is 0 Å². The quantitative estimate of drug-likeness (QED) is 0.630. The fourth-order valence-corrected chi connectivity index (χ4v) is 1.05. The van der Waals surface area contributed by atoms with E-state index in [9.17, 15) is 18.0 Å². The third kappa shape index (κ3) is 2.12. The second-order valence-electron chi connectivity index (χ2n) is 2.76. The van der Waals surface area contributed by atoms with Crippen LogP contribution in [0.15, 0.2) is 12.1 Å². The summed E-state index contributed by atoms with van der Waals surface area (Å²) < 4.78 is 36.5. The minimum atomic E-state index is -4.68. The average molecular weight is 221 g/mol. The molecule has 1 rings (SSSR count). The Kier molecular flexibility index (Phi) is 2.48. The molecule has 0 bridgehead atoms. The van der Waals surface area contributed by atoms with Crippen molar-refractivity contribution in [2.45, 2.75) is 6.18 Å². The Bertz CT molecular complexity index is 391. The van der Waals surface area contributed by atoms with Gasteiger partial charge in [-0.3, -0.25) is 0 Å². The summed E-state index contributed by atoms with van der Waals surface area (Å²) >= 11 is 0. The van der Waals surface area contributed by atoms with Crippen molar-refractivity contribution in [2.24, 2.45) is 0 Å². The van der Waals surface area contributed by atoms with Gasteiger partial charge in [0.25, 0.3) is 0 Å². The first kappa shape index (κ1) is 11.2. The van der Waals surface area contributed by atoms with E-state index < -0.39 is 34.7 Å². The number of halogens is 3. The molecule has 4 N–H and O–H groups in total. The highest BCUT2D eigenvalue weighted by Crippen LogP contribution is 2.35. The number of carboxylic acid groups (broad SMARTS) is 1. The molecule has 1 aromatic carbocycles. The number of carboxylic acids is 1. The number of anilines is 1. The van der Waals surface area contributed by atoms with Gasteiger partial charge in [-0.1, -0.05) is 0 Å². The van der Waals surface area contributed by atoms with Gasteiger partial charge in [0, 0.05) is 0 Å². The van der Waals surface area contributed by atoms with Crippen LogP contribution in [0.1, 0.15) is 15.9 Å². The number of alkyl halides is 3. The lowest BCUT2D eigenvalue weighted by Gasteiger charge is -2.10. The van der Waals surface area contributed by atoms with Crippen molar-refractivity contribution in [3.63, 3.8) is 0 Å². The van der Waals surface area contributed by atoms with E-state index in [1.165, 1.54) is 0 Å². The molecule has 0 fully saturated rings. The maximum absolute atomic E-state index is 12.2. The number of nitrogen functional groups attached to an aromatic ring is 1. The minimum Gasteiger partial charge on any atom is -0.507 e. The maximum Gasteiger partial charge on any atom is 0.416 e. The Labute approximate surface area is 81.7 Å². The molecule has 0 aromatic heterocycles. The van der Waals surface area contributed by atoms with E-state index in [2.05, 4.69) is 0 Å². The van der Waals surface area contributed by atoms with Crippen LogP contribution >= 0.6 is 0 Å². The van der Waals surface area contributed by atoms with Gasteiger partial charge in [-0.25, -0.2) is 4.79 Å². The zero-order valence-corrected chi connectivity index (χ0v) is 7.17. The minimum absolute atomic E-state index is 0.319. The van der Waals surface area contributed by atoms with Crippen molar-refractivity contribution in [2.75, 3.05) is 5.73 Å². The lowest BCUT2D eigenvalue weighted by molar-refractivity contribution is -0.137. The second kappa shape index (κ2) is 3.34. The molecule has 0 spiro atoms. The van der Waals surface area contributed by atoms with Gasteiger partial charge in [-0.15, -0.1) is 0 Å². The van der Waals surface area contributed by atoms with E-state index in [1.54, 1.807) is 0 Å². The molecule has 0 amide bonds. The zero-order valence-electron chi connectivity index (χ0n) is 7.17. The Morgan fingerprint density at radius 1 is 1.33 bits per heavy atom. The number of aromatic carboxylic acids is 1.